The van der Waals surface area contributed by atoms with Gasteiger partial charge in [-0.25, -0.2) is 9.97 Å². The summed E-state index contributed by atoms with van der Waals surface area (Å²) in [6.07, 6.45) is 2.05. The normalized spacial score (nSPS) is 20.1. The number of thioether (sulfide) groups is 1. The van der Waals surface area contributed by atoms with Crippen molar-refractivity contribution in [3.8, 4) is 0 Å². The van der Waals surface area contributed by atoms with E-state index in [1.54, 1.807) is 0 Å². The van der Waals surface area contributed by atoms with Gasteiger partial charge in [0.15, 0.2) is 0 Å². The van der Waals surface area contributed by atoms with Crippen molar-refractivity contribution in [1.82, 2.24) is 9.97 Å². The molecule has 3 nitrogen and oxygen atoms in total. The number of rotatable bonds is 3. The van der Waals surface area contributed by atoms with Crippen molar-refractivity contribution in [3.05, 3.63) is 17.0 Å². The van der Waals surface area contributed by atoms with Gasteiger partial charge in [0.1, 0.15) is 16.8 Å². The monoisotopic (exact) mass is 257 g/mol. The summed E-state index contributed by atoms with van der Waals surface area (Å²) in [4.78, 5) is 10.9. The number of nitrogens with zero attached hydrogens (tertiary/aromatic N) is 3. The van der Waals surface area contributed by atoms with Crippen LogP contribution < -0.4 is 4.90 Å². The molecule has 0 aliphatic carbocycles. The molecule has 1 aliphatic rings. The summed E-state index contributed by atoms with van der Waals surface area (Å²) in [5.41, 5.74) is 0. The fraction of sp³-hybridized carbons (Fsp3) is 0.636. The third-order valence-corrected chi connectivity index (χ3v) is 4.20. The molecule has 5 heteroatoms. The van der Waals surface area contributed by atoms with Crippen LogP contribution in [0.1, 0.15) is 19.2 Å². The zero-order chi connectivity index (χ0) is 11.5. The molecule has 0 aromatic carbocycles. The fourth-order valence-corrected chi connectivity index (χ4v) is 3.27. The second-order valence-electron chi connectivity index (χ2n) is 3.95. The van der Waals surface area contributed by atoms with Crippen molar-refractivity contribution >= 4 is 29.2 Å². The summed E-state index contributed by atoms with van der Waals surface area (Å²) in [7, 11) is 2.09. The van der Waals surface area contributed by atoms with Crippen LogP contribution in [-0.2, 0) is 6.42 Å². The first kappa shape index (κ1) is 12.0. The summed E-state index contributed by atoms with van der Waals surface area (Å²) in [5.74, 6) is 4.19. The van der Waals surface area contributed by atoms with Crippen LogP contribution in [-0.4, -0.2) is 34.6 Å². The highest BCUT2D eigenvalue weighted by Crippen LogP contribution is 2.25. The Balaban J connectivity index is 2.21. The Morgan fingerprint density at radius 1 is 1.56 bits per heavy atom. The standard InChI is InChI=1S/C11H16ClN3S/c1-3-10-13-9(12)6-11(14-10)15(2)8-4-5-16-7-8/h6,8H,3-5,7H2,1-2H3. The van der Waals surface area contributed by atoms with Gasteiger partial charge in [0.2, 0.25) is 0 Å². The van der Waals surface area contributed by atoms with Crippen LogP contribution in [0.25, 0.3) is 0 Å². The minimum atomic E-state index is 0.541. The van der Waals surface area contributed by atoms with Gasteiger partial charge in [-0.05, 0) is 12.2 Å². The van der Waals surface area contributed by atoms with E-state index in [1.807, 2.05) is 24.8 Å². The molecular weight excluding hydrogens is 242 g/mol. The van der Waals surface area contributed by atoms with E-state index >= 15 is 0 Å². The largest absolute Gasteiger partial charge is 0.356 e. The maximum Gasteiger partial charge on any atom is 0.134 e. The first-order chi connectivity index (χ1) is 7.70. The number of aryl methyl sites for hydroxylation is 1. The van der Waals surface area contributed by atoms with E-state index in [0.717, 1.165) is 18.1 Å². The van der Waals surface area contributed by atoms with E-state index in [9.17, 15) is 0 Å². The molecule has 2 rings (SSSR count). The molecule has 1 aliphatic heterocycles. The highest BCUT2D eigenvalue weighted by molar-refractivity contribution is 7.99. The van der Waals surface area contributed by atoms with E-state index in [2.05, 4.69) is 21.9 Å². The molecule has 1 aromatic rings. The van der Waals surface area contributed by atoms with Crippen LogP contribution in [0.3, 0.4) is 0 Å². The Morgan fingerprint density at radius 2 is 2.38 bits per heavy atom. The number of aromatic nitrogens is 2. The van der Waals surface area contributed by atoms with Gasteiger partial charge in [0.25, 0.3) is 0 Å². The van der Waals surface area contributed by atoms with Crippen LogP contribution in [0, 0.1) is 0 Å². The van der Waals surface area contributed by atoms with Crippen LogP contribution >= 0.6 is 23.4 Å². The topological polar surface area (TPSA) is 29.0 Å². The lowest BCUT2D eigenvalue weighted by atomic mass is 10.2. The molecule has 1 aromatic heterocycles. The summed E-state index contributed by atoms with van der Waals surface area (Å²) < 4.78 is 0. The first-order valence-corrected chi connectivity index (χ1v) is 7.08. The molecule has 0 spiro atoms. The maximum absolute atomic E-state index is 6.00. The SMILES string of the molecule is CCc1nc(Cl)cc(N(C)C2CCSC2)n1. The van der Waals surface area contributed by atoms with Gasteiger partial charge in [-0.3, -0.25) is 0 Å². The van der Waals surface area contributed by atoms with Gasteiger partial charge in [0.05, 0.1) is 0 Å². The van der Waals surface area contributed by atoms with Gasteiger partial charge >= 0.3 is 0 Å². The molecule has 2 heterocycles. The molecule has 0 bridgehead atoms. The second-order valence-corrected chi connectivity index (χ2v) is 5.48. The van der Waals surface area contributed by atoms with Crippen LogP contribution in [0.4, 0.5) is 5.82 Å². The third-order valence-electron chi connectivity index (χ3n) is 2.86. The molecule has 1 fully saturated rings. The number of hydrogen-bond donors (Lipinski definition) is 0. The fourth-order valence-electron chi connectivity index (χ4n) is 1.80. The number of halogens is 1. The van der Waals surface area contributed by atoms with E-state index < -0.39 is 0 Å². The third kappa shape index (κ3) is 2.61. The zero-order valence-corrected chi connectivity index (χ0v) is 11.2. The van der Waals surface area contributed by atoms with Crippen molar-refractivity contribution in [2.75, 3.05) is 23.5 Å². The first-order valence-electron chi connectivity index (χ1n) is 5.54. The molecule has 0 saturated carbocycles. The van der Waals surface area contributed by atoms with Crippen LogP contribution in [0.5, 0.6) is 0 Å². The van der Waals surface area contributed by atoms with Gasteiger partial charge in [-0.1, -0.05) is 18.5 Å². The van der Waals surface area contributed by atoms with E-state index in [1.165, 1.54) is 17.9 Å². The van der Waals surface area contributed by atoms with Crippen molar-refractivity contribution < 1.29 is 0 Å². The quantitative estimate of drug-likeness (QED) is 0.779. The van der Waals surface area contributed by atoms with Gasteiger partial charge < -0.3 is 4.90 Å². The Bertz CT molecular complexity index is 366. The van der Waals surface area contributed by atoms with E-state index in [0.29, 0.717) is 11.2 Å². The minimum absolute atomic E-state index is 0.541. The Hall–Kier alpha value is -0.480. The smallest absolute Gasteiger partial charge is 0.134 e. The van der Waals surface area contributed by atoms with Gasteiger partial charge in [-0.15, -0.1) is 0 Å². The van der Waals surface area contributed by atoms with Gasteiger partial charge in [-0.2, -0.15) is 11.8 Å². The lowest BCUT2D eigenvalue weighted by molar-refractivity contribution is 0.687. The molecule has 0 N–H and O–H groups in total. The van der Waals surface area contributed by atoms with Crippen molar-refractivity contribution in [2.24, 2.45) is 0 Å². The Labute approximate surface area is 106 Å². The summed E-state index contributed by atoms with van der Waals surface area (Å²) in [5, 5.41) is 0.541. The second kappa shape index (κ2) is 5.23. The van der Waals surface area contributed by atoms with Crippen molar-refractivity contribution in [1.29, 1.82) is 0 Å². The molecule has 0 radical (unpaired) electrons. The van der Waals surface area contributed by atoms with E-state index in [4.69, 9.17) is 11.6 Å². The summed E-state index contributed by atoms with van der Waals surface area (Å²) >= 11 is 8.00. The lowest BCUT2D eigenvalue weighted by Gasteiger charge is -2.25. The Morgan fingerprint density at radius 3 is 3.00 bits per heavy atom. The molecule has 88 valence electrons. The molecule has 1 unspecified atom stereocenters. The van der Waals surface area contributed by atoms with Crippen molar-refractivity contribution in [3.63, 3.8) is 0 Å². The summed E-state index contributed by atoms with van der Waals surface area (Å²) in [6, 6.07) is 2.43. The lowest BCUT2D eigenvalue weighted by Crippen LogP contribution is -2.32. The molecular formula is C11H16ClN3S. The molecule has 1 saturated heterocycles. The van der Waals surface area contributed by atoms with Gasteiger partial charge in [0, 0.05) is 31.3 Å². The molecule has 1 atom stereocenters. The van der Waals surface area contributed by atoms with Crippen molar-refractivity contribution in [2.45, 2.75) is 25.8 Å². The maximum atomic E-state index is 6.00. The van der Waals surface area contributed by atoms with Crippen LogP contribution in [0.2, 0.25) is 5.15 Å². The predicted molar refractivity (Wildman–Crippen MR) is 70.6 cm³/mol. The zero-order valence-electron chi connectivity index (χ0n) is 9.61. The Kier molecular flexibility index (Phi) is 3.92. The molecule has 0 amide bonds. The summed E-state index contributed by atoms with van der Waals surface area (Å²) in [6.45, 7) is 2.04. The highest BCUT2D eigenvalue weighted by Gasteiger charge is 2.21. The molecule has 16 heavy (non-hydrogen) atoms. The van der Waals surface area contributed by atoms with E-state index in [-0.39, 0.29) is 0 Å². The average molecular weight is 258 g/mol. The predicted octanol–water partition coefficient (Wildman–Crippen LogP) is 2.63. The number of anilines is 1. The highest BCUT2D eigenvalue weighted by atomic mass is 35.5. The minimum Gasteiger partial charge on any atom is -0.356 e. The van der Waals surface area contributed by atoms with Crippen LogP contribution in [0.15, 0.2) is 6.07 Å². The average Bonchev–Trinajstić information content (AvgIpc) is 2.80. The number of hydrogen-bond acceptors (Lipinski definition) is 4.